The van der Waals surface area contributed by atoms with E-state index in [1.54, 1.807) is 6.20 Å². The molecule has 0 radical (unpaired) electrons. The van der Waals surface area contributed by atoms with Crippen LogP contribution in [-0.4, -0.2) is 9.78 Å². The predicted octanol–water partition coefficient (Wildman–Crippen LogP) is 3.82. The molecule has 4 heteroatoms. The molecular weight excluding hydrogens is 262 g/mol. The number of benzene rings is 2. The fraction of sp³-hybridized carbons (Fsp3) is 0.118. The molecule has 0 aliphatic rings. The third-order valence-corrected chi connectivity index (χ3v) is 3.24. The zero-order valence-electron chi connectivity index (χ0n) is 11.9. The van der Waals surface area contributed by atoms with Crippen molar-refractivity contribution in [3.05, 3.63) is 72.6 Å². The molecule has 0 saturated heterocycles. The average molecular weight is 279 g/mol. The summed E-state index contributed by atoms with van der Waals surface area (Å²) in [5, 5.41) is 7.56. The standard InChI is InChI=1S/C17H17N3O/c1-20-14(11-12-19-20)13-18-16-9-5-6-10-17(16)21-15-7-3-2-4-8-15/h2-12,18H,13H2,1H3. The van der Waals surface area contributed by atoms with Crippen molar-refractivity contribution in [3.8, 4) is 11.5 Å². The van der Waals surface area contributed by atoms with Crippen LogP contribution in [0.4, 0.5) is 5.69 Å². The molecular formula is C17H17N3O. The van der Waals surface area contributed by atoms with Crippen LogP contribution in [0.3, 0.4) is 0 Å². The van der Waals surface area contributed by atoms with E-state index < -0.39 is 0 Å². The topological polar surface area (TPSA) is 39.1 Å². The maximum absolute atomic E-state index is 5.92. The van der Waals surface area contributed by atoms with Crippen molar-refractivity contribution < 1.29 is 4.74 Å². The Hall–Kier alpha value is -2.75. The highest BCUT2D eigenvalue weighted by molar-refractivity contribution is 5.57. The van der Waals surface area contributed by atoms with Crippen LogP contribution in [0.5, 0.6) is 11.5 Å². The molecule has 1 N–H and O–H groups in total. The smallest absolute Gasteiger partial charge is 0.150 e. The number of rotatable bonds is 5. The van der Waals surface area contributed by atoms with Gasteiger partial charge in [-0.05, 0) is 30.3 Å². The summed E-state index contributed by atoms with van der Waals surface area (Å²) < 4.78 is 7.78. The molecule has 4 nitrogen and oxygen atoms in total. The van der Waals surface area contributed by atoms with Crippen molar-refractivity contribution in [3.63, 3.8) is 0 Å². The van der Waals surface area contributed by atoms with Gasteiger partial charge in [-0.25, -0.2) is 0 Å². The molecule has 1 aromatic heterocycles. The molecule has 0 amide bonds. The molecule has 0 aliphatic heterocycles. The first-order chi connectivity index (χ1) is 10.3. The van der Waals surface area contributed by atoms with Crippen LogP contribution in [-0.2, 0) is 13.6 Å². The van der Waals surface area contributed by atoms with Gasteiger partial charge in [-0.3, -0.25) is 4.68 Å². The van der Waals surface area contributed by atoms with E-state index in [1.807, 2.05) is 72.4 Å². The number of nitrogens with one attached hydrogen (secondary N) is 1. The number of nitrogens with zero attached hydrogens (tertiary/aromatic N) is 2. The second kappa shape index (κ2) is 6.13. The number of anilines is 1. The molecule has 1 heterocycles. The van der Waals surface area contributed by atoms with Crippen molar-refractivity contribution in [1.29, 1.82) is 0 Å². The van der Waals surface area contributed by atoms with Crippen LogP contribution in [0.1, 0.15) is 5.69 Å². The predicted molar refractivity (Wildman–Crippen MR) is 83.5 cm³/mol. The maximum Gasteiger partial charge on any atom is 0.150 e. The Morgan fingerprint density at radius 2 is 1.76 bits per heavy atom. The number of aromatic nitrogens is 2. The van der Waals surface area contributed by atoms with E-state index in [1.165, 1.54) is 0 Å². The van der Waals surface area contributed by atoms with E-state index in [0.29, 0.717) is 6.54 Å². The summed E-state index contributed by atoms with van der Waals surface area (Å²) in [4.78, 5) is 0. The minimum atomic E-state index is 0.700. The van der Waals surface area contributed by atoms with Crippen LogP contribution >= 0.6 is 0 Å². The first kappa shape index (κ1) is 13.2. The molecule has 106 valence electrons. The third kappa shape index (κ3) is 3.23. The fourth-order valence-electron chi connectivity index (χ4n) is 2.08. The summed E-state index contributed by atoms with van der Waals surface area (Å²) in [6.07, 6.45) is 1.80. The molecule has 2 aromatic carbocycles. The van der Waals surface area contributed by atoms with Crippen molar-refractivity contribution in [2.24, 2.45) is 7.05 Å². The van der Waals surface area contributed by atoms with Crippen LogP contribution in [0, 0.1) is 0 Å². The van der Waals surface area contributed by atoms with Gasteiger partial charge >= 0.3 is 0 Å². The molecule has 0 atom stereocenters. The first-order valence-corrected chi connectivity index (χ1v) is 6.85. The van der Waals surface area contributed by atoms with Gasteiger partial charge < -0.3 is 10.1 Å². The Labute approximate surface area is 124 Å². The summed E-state index contributed by atoms with van der Waals surface area (Å²) in [5.74, 6) is 1.64. The van der Waals surface area contributed by atoms with E-state index in [-0.39, 0.29) is 0 Å². The number of ether oxygens (including phenoxy) is 1. The molecule has 21 heavy (non-hydrogen) atoms. The summed E-state index contributed by atoms with van der Waals surface area (Å²) in [5.41, 5.74) is 2.08. The van der Waals surface area contributed by atoms with Crippen molar-refractivity contribution >= 4 is 5.69 Å². The lowest BCUT2D eigenvalue weighted by Gasteiger charge is -2.13. The van der Waals surface area contributed by atoms with Crippen LogP contribution < -0.4 is 10.1 Å². The number of hydrogen-bond donors (Lipinski definition) is 1. The van der Waals surface area contributed by atoms with Crippen LogP contribution in [0.15, 0.2) is 66.9 Å². The molecule has 0 spiro atoms. The number of hydrogen-bond acceptors (Lipinski definition) is 3. The van der Waals surface area contributed by atoms with Gasteiger partial charge in [0.1, 0.15) is 5.75 Å². The number of para-hydroxylation sites is 3. The largest absolute Gasteiger partial charge is 0.455 e. The van der Waals surface area contributed by atoms with Crippen molar-refractivity contribution in [2.45, 2.75) is 6.54 Å². The van der Waals surface area contributed by atoms with E-state index in [4.69, 9.17) is 4.74 Å². The zero-order valence-corrected chi connectivity index (χ0v) is 11.9. The molecule has 0 saturated carbocycles. The maximum atomic E-state index is 5.92. The SMILES string of the molecule is Cn1nccc1CNc1ccccc1Oc1ccccc1. The second-order valence-electron chi connectivity index (χ2n) is 4.71. The van der Waals surface area contributed by atoms with Gasteiger partial charge in [-0.15, -0.1) is 0 Å². The molecule has 0 fully saturated rings. The van der Waals surface area contributed by atoms with Crippen LogP contribution in [0.2, 0.25) is 0 Å². The molecule has 3 rings (SSSR count). The Bertz CT molecular complexity index is 707. The Morgan fingerprint density at radius 1 is 1.00 bits per heavy atom. The molecule has 3 aromatic rings. The van der Waals surface area contributed by atoms with E-state index >= 15 is 0 Å². The van der Waals surface area contributed by atoms with Gasteiger partial charge in [0.15, 0.2) is 5.75 Å². The highest BCUT2D eigenvalue weighted by atomic mass is 16.5. The summed E-state index contributed by atoms with van der Waals surface area (Å²) >= 11 is 0. The lowest BCUT2D eigenvalue weighted by molar-refractivity contribution is 0.484. The van der Waals surface area contributed by atoms with Crippen molar-refractivity contribution in [1.82, 2.24) is 9.78 Å². The second-order valence-corrected chi connectivity index (χ2v) is 4.71. The van der Waals surface area contributed by atoms with Gasteiger partial charge in [0.05, 0.1) is 17.9 Å². The monoisotopic (exact) mass is 279 g/mol. The Kier molecular flexibility index (Phi) is 3.87. The quantitative estimate of drug-likeness (QED) is 0.771. The molecule has 0 bridgehead atoms. The highest BCUT2D eigenvalue weighted by Crippen LogP contribution is 2.29. The summed E-state index contributed by atoms with van der Waals surface area (Å²) in [6.45, 7) is 0.700. The zero-order chi connectivity index (χ0) is 14.5. The molecule has 0 aliphatic carbocycles. The van der Waals surface area contributed by atoms with Gasteiger partial charge in [0.25, 0.3) is 0 Å². The van der Waals surface area contributed by atoms with Crippen LogP contribution in [0.25, 0.3) is 0 Å². The highest BCUT2D eigenvalue weighted by Gasteiger charge is 2.05. The average Bonchev–Trinajstić information content (AvgIpc) is 2.93. The first-order valence-electron chi connectivity index (χ1n) is 6.85. The summed E-state index contributed by atoms with van der Waals surface area (Å²) in [6, 6.07) is 19.7. The van der Waals surface area contributed by atoms with E-state index in [0.717, 1.165) is 22.9 Å². The lowest BCUT2D eigenvalue weighted by atomic mass is 10.2. The Balaban J connectivity index is 1.75. The Morgan fingerprint density at radius 3 is 2.52 bits per heavy atom. The van der Waals surface area contributed by atoms with E-state index in [9.17, 15) is 0 Å². The summed E-state index contributed by atoms with van der Waals surface area (Å²) in [7, 11) is 1.93. The molecule has 0 unspecified atom stereocenters. The van der Waals surface area contributed by atoms with Gasteiger partial charge in [0.2, 0.25) is 0 Å². The van der Waals surface area contributed by atoms with Gasteiger partial charge in [-0.2, -0.15) is 5.10 Å². The lowest BCUT2D eigenvalue weighted by Crippen LogP contribution is -2.06. The minimum absolute atomic E-state index is 0.700. The fourth-order valence-corrected chi connectivity index (χ4v) is 2.08. The minimum Gasteiger partial charge on any atom is -0.455 e. The van der Waals surface area contributed by atoms with E-state index in [2.05, 4.69) is 10.4 Å². The van der Waals surface area contributed by atoms with Gasteiger partial charge in [-0.1, -0.05) is 30.3 Å². The van der Waals surface area contributed by atoms with Crippen molar-refractivity contribution in [2.75, 3.05) is 5.32 Å². The number of aryl methyl sites for hydroxylation is 1. The van der Waals surface area contributed by atoms with Gasteiger partial charge in [0, 0.05) is 13.2 Å². The third-order valence-electron chi connectivity index (χ3n) is 3.24. The normalized spacial score (nSPS) is 10.3.